The second-order valence-electron chi connectivity index (χ2n) is 5.20. The highest BCUT2D eigenvalue weighted by Crippen LogP contribution is 2.41. The minimum absolute atomic E-state index is 0.0184. The molecule has 1 aliphatic rings. The molecule has 26 heavy (non-hydrogen) atoms. The van der Waals surface area contributed by atoms with Gasteiger partial charge >= 0.3 is 11.7 Å². The largest absolute Gasteiger partial charge is 0.463 e. The third kappa shape index (κ3) is 3.19. The summed E-state index contributed by atoms with van der Waals surface area (Å²) in [5.41, 5.74) is 3.56. The zero-order chi connectivity index (χ0) is 19.6. The van der Waals surface area contributed by atoms with Crippen LogP contribution in [-0.2, 0) is 14.3 Å². The number of nitro benzene ring substituents is 1. The van der Waals surface area contributed by atoms with E-state index in [-0.39, 0.29) is 23.5 Å². The van der Waals surface area contributed by atoms with Crippen molar-refractivity contribution in [3.63, 3.8) is 0 Å². The molecule has 2 rings (SSSR count). The summed E-state index contributed by atoms with van der Waals surface area (Å²) in [6.07, 6.45) is 0. The van der Waals surface area contributed by atoms with Crippen LogP contribution >= 0.6 is 0 Å². The van der Waals surface area contributed by atoms with E-state index >= 15 is 0 Å². The van der Waals surface area contributed by atoms with Gasteiger partial charge in [-0.1, -0.05) is 0 Å². The fourth-order valence-electron chi connectivity index (χ4n) is 2.58. The van der Waals surface area contributed by atoms with Crippen LogP contribution in [-0.4, -0.2) is 17.5 Å². The van der Waals surface area contributed by atoms with Crippen molar-refractivity contribution < 1.29 is 28.0 Å². The van der Waals surface area contributed by atoms with Crippen LogP contribution in [0.25, 0.3) is 0 Å². The molecule has 0 bridgehead atoms. The molecule has 1 aromatic carbocycles. The van der Waals surface area contributed by atoms with Gasteiger partial charge in [-0.15, -0.1) is 0 Å². The summed E-state index contributed by atoms with van der Waals surface area (Å²) in [4.78, 5) is 22.2. The maximum atomic E-state index is 14.4. The summed E-state index contributed by atoms with van der Waals surface area (Å²) >= 11 is 0. The lowest BCUT2D eigenvalue weighted by Crippen LogP contribution is -2.26. The molecule has 0 radical (unpaired) electrons. The van der Waals surface area contributed by atoms with E-state index in [1.54, 1.807) is 6.07 Å². The molecule has 0 aromatic heterocycles. The molecule has 1 aliphatic heterocycles. The van der Waals surface area contributed by atoms with Crippen LogP contribution in [0.15, 0.2) is 34.9 Å². The number of benzene rings is 1. The molecule has 8 nitrogen and oxygen atoms in total. The number of carbonyl (C=O) groups is 1. The van der Waals surface area contributed by atoms with Crippen molar-refractivity contribution in [1.29, 1.82) is 5.26 Å². The number of nitrogens with zero attached hydrogens (tertiary/aromatic N) is 2. The summed E-state index contributed by atoms with van der Waals surface area (Å²) in [6.45, 7) is 2.86. The summed E-state index contributed by atoms with van der Waals surface area (Å²) in [7, 11) is 0. The lowest BCUT2D eigenvalue weighted by Gasteiger charge is -2.26. The standard InChI is InChI=1S/C16H13F2N3O5/c1-3-25-16(22)13-7(2)26-15(20)9(6-19)14(13)8-4-12(21(23)24)11(18)5-10(8)17/h4-5,14H,3,20H2,1-2H3. The van der Waals surface area contributed by atoms with Gasteiger partial charge in [0.1, 0.15) is 23.2 Å². The van der Waals surface area contributed by atoms with E-state index in [4.69, 9.17) is 15.2 Å². The monoisotopic (exact) mass is 365 g/mol. The Morgan fingerprint density at radius 2 is 2.12 bits per heavy atom. The molecule has 0 spiro atoms. The SMILES string of the molecule is CCOC(=O)C1=C(C)OC(N)=C(C#N)C1c1cc([N+](=O)[O-])c(F)cc1F. The number of rotatable bonds is 4. The van der Waals surface area contributed by atoms with Gasteiger partial charge in [0.05, 0.1) is 23.0 Å². The first-order valence-electron chi connectivity index (χ1n) is 7.31. The first kappa shape index (κ1) is 18.9. The van der Waals surface area contributed by atoms with Gasteiger partial charge in [-0.2, -0.15) is 9.65 Å². The minimum atomic E-state index is -1.44. The highest BCUT2D eigenvalue weighted by Gasteiger charge is 2.39. The molecule has 136 valence electrons. The Balaban J connectivity index is 2.78. The average molecular weight is 365 g/mol. The maximum Gasteiger partial charge on any atom is 0.338 e. The second-order valence-corrected chi connectivity index (χ2v) is 5.20. The number of ether oxygens (including phenoxy) is 2. The predicted octanol–water partition coefficient (Wildman–Crippen LogP) is 2.52. The van der Waals surface area contributed by atoms with Crippen molar-refractivity contribution in [2.75, 3.05) is 6.61 Å². The Labute approximate surface area is 146 Å². The van der Waals surface area contributed by atoms with Gasteiger partial charge in [-0.25, -0.2) is 9.18 Å². The smallest absolute Gasteiger partial charge is 0.338 e. The number of nitriles is 1. The Morgan fingerprint density at radius 1 is 1.46 bits per heavy atom. The summed E-state index contributed by atoms with van der Waals surface area (Å²) in [5.74, 6) is -5.38. The second kappa shape index (κ2) is 7.18. The van der Waals surface area contributed by atoms with Crippen molar-refractivity contribution in [3.05, 3.63) is 62.2 Å². The van der Waals surface area contributed by atoms with Crippen LogP contribution in [0.1, 0.15) is 25.3 Å². The minimum Gasteiger partial charge on any atom is -0.463 e. The third-order valence-corrected chi connectivity index (χ3v) is 3.67. The fraction of sp³-hybridized carbons (Fsp3) is 0.250. The van der Waals surface area contributed by atoms with Crippen LogP contribution < -0.4 is 5.73 Å². The van der Waals surface area contributed by atoms with E-state index in [2.05, 4.69) is 0 Å². The molecular formula is C16H13F2N3O5. The normalized spacial score (nSPS) is 16.8. The third-order valence-electron chi connectivity index (χ3n) is 3.67. The Bertz CT molecular complexity index is 902. The number of nitro groups is 1. The van der Waals surface area contributed by atoms with E-state index in [1.165, 1.54) is 13.8 Å². The van der Waals surface area contributed by atoms with Crippen molar-refractivity contribution in [2.24, 2.45) is 5.73 Å². The molecule has 0 fully saturated rings. The highest BCUT2D eigenvalue weighted by atomic mass is 19.1. The van der Waals surface area contributed by atoms with Gasteiger partial charge in [0, 0.05) is 17.7 Å². The van der Waals surface area contributed by atoms with E-state index in [9.17, 15) is 29.0 Å². The van der Waals surface area contributed by atoms with Crippen molar-refractivity contribution >= 4 is 11.7 Å². The van der Waals surface area contributed by atoms with Crippen LogP contribution in [0.4, 0.5) is 14.5 Å². The fourth-order valence-corrected chi connectivity index (χ4v) is 2.58. The molecule has 2 N–H and O–H groups in total. The molecule has 1 aromatic rings. The summed E-state index contributed by atoms with van der Waals surface area (Å²) in [5, 5.41) is 20.3. The number of esters is 1. The molecule has 0 aliphatic carbocycles. The van der Waals surface area contributed by atoms with Crippen LogP contribution in [0.3, 0.4) is 0 Å². The number of allylic oxidation sites excluding steroid dienone is 2. The van der Waals surface area contributed by atoms with Gasteiger partial charge < -0.3 is 15.2 Å². The quantitative estimate of drug-likeness (QED) is 0.493. The number of hydrogen-bond donors (Lipinski definition) is 1. The number of halogens is 2. The van der Waals surface area contributed by atoms with Gasteiger partial charge in [0.15, 0.2) is 0 Å². The van der Waals surface area contributed by atoms with Crippen molar-refractivity contribution in [1.82, 2.24) is 0 Å². The van der Waals surface area contributed by atoms with Crippen LogP contribution in [0, 0.1) is 33.1 Å². The van der Waals surface area contributed by atoms with E-state index in [1.807, 2.05) is 0 Å². The zero-order valence-electron chi connectivity index (χ0n) is 13.7. The molecule has 1 atom stereocenters. The van der Waals surface area contributed by atoms with Gasteiger partial charge in [-0.3, -0.25) is 10.1 Å². The first-order valence-corrected chi connectivity index (χ1v) is 7.31. The van der Waals surface area contributed by atoms with Crippen LogP contribution in [0.5, 0.6) is 0 Å². The Kier molecular flexibility index (Phi) is 5.21. The van der Waals surface area contributed by atoms with Crippen molar-refractivity contribution in [2.45, 2.75) is 19.8 Å². The predicted molar refractivity (Wildman–Crippen MR) is 83.0 cm³/mol. The number of nitrogens with two attached hydrogens (primary N) is 1. The molecule has 10 heteroatoms. The molecular weight excluding hydrogens is 352 g/mol. The zero-order valence-corrected chi connectivity index (χ0v) is 13.7. The average Bonchev–Trinajstić information content (AvgIpc) is 2.54. The molecule has 0 amide bonds. The summed E-state index contributed by atoms with van der Waals surface area (Å²) in [6, 6.07) is 2.63. The molecule has 0 saturated heterocycles. The highest BCUT2D eigenvalue weighted by molar-refractivity contribution is 5.92. The topological polar surface area (TPSA) is 128 Å². The van der Waals surface area contributed by atoms with Gasteiger partial charge in [0.25, 0.3) is 0 Å². The van der Waals surface area contributed by atoms with Crippen LogP contribution in [0.2, 0.25) is 0 Å². The Hall–Kier alpha value is -3.48. The van der Waals surface area contributed by atoms with Crippen molar-refractivity contribution in [3.8, 4) is 6.07 Å². The van der Waals surface area contributed by atoms with E-state index in [0.717, 1.165) is 0 Å². The lowest BCUT2D eigenvalue weighted by atomic mass is 9.82. The molecule has 1 heterocycles. The van der Waals surface area contributed by atoms with Gasteiger partial charge in [0.2, 0.25) is 11.7 Å². The number of carbonyl (C=O) groups excluding carboxylic acids is 1. The summed E-state index contributed by atoms with van der Waals surface area (Å²) < 4.78 is 38.1. The number of hydrogen-bond acceptors (Lipinski definition) is 7. The van der Waals surface area contributed by atoms with E-state index in [0.29, 0.717) is 12.1 Å². The van der Waals surface area contributed by atoms with Gasteiger partial charge in [-0.05, 0) is 13.8 Å². The Morgan fingerprint density at radius 3 is 2.65 bits per heavy atom. The first-order chi connectivity index (χ1) is 12.2. The molecule has 1 unspecified atom stereocenters. The maximum absolute atomic E-state index is 14.4. The lowest BCUT2D eigenvalue weighted by molar-refractivity contribution is -0.387. The van der Waals surface area contributed by atoms with E-state index < -0.39 is 45.6 Å². The molecule has 0 saturated carbocycles.